The predicted molar refractivity (Wildman–Crippen MR) is 156 cm³/mol. The Morgan fingerprint density at radius 1 is 0.854 bits per heavy atom. The summed E-state index contributed by atoms with van der Waals surface area (Å²) in [6.07, 6.45) is -18.0. The fraction of sp³-hybridized carbons (Fsp3) is 0.467. The summed E-state index contributed by atoms with van der Waals surface area (Å²) in [4.78, 5) is 25.1. The van der Waals surface area contributed by atoms with Crippen LogP contribution >= 0.6 is 0 Å². The van der Waals surface area contributed by atoms with Gasteiger partial charge in [0.1, 0.15) is 77.9 Å². The van der Waals surface area contributed by atoms with E-state index in [9.17, 15) is 55.5 Å². The summed E-state index contributed by atoms with van der Waals surface area (Å²) in [6.45, 7) is -0.354. The third-order valence-electron chi connectivity index (χ3n) is 7.83. The van der Waals surface area contributed by atoms with Crippen LogP contribution in [0.3, 0.4) is 0 Å². The summed E-state index contributed by atoms with van der Waals surface area (Å²) >= 11 is 0. The highest BCUT2D eigenvalue weighted by molar-refractivity contribution is 5.88. The van der Waals surface area contributed by atoms with Gasteiger partial charge in [-0.15, -0.1) is 0 Å². The number of esters is 1. The van der Waals surface area contributed by atoms with Gasteiger partial charge in [-0.1, -0.05) is 0 Å². The highest BCUT2D eigenvalue weighted by atomic mass is 16.7. The summed E-state index contributed by atoms with van der Waals surface area (Å²) < 4.78 is 38.3. The highest BCUT2D eigenvalue weighted by Gasteiger charge is 2.52. The van der Waals surface area contributed by atoms with Crippen LogP contribution in [0, 0.1) is 0 Å². The molecule has 2 saturated heterocycles. The van der Waals surface area contributed by atoms with Crippen LogP contribution in [0.2, 0.25) is 0 Å². The van der Waals surface area contributed by atoms with Gasteiger partial charge in [0.2, 0.25) is 17.5 Å². The van der Waals surface area contributed by atoms with Gasteiger partial charge in [0.05, 0.1) is 13.7 Å². The zero-order valence-corrected chi connectivity index (χ0v) is 25.3. The SMILES string of the molecule is COc1cc(-c2oc3cc(O)cc(O)c3c(=O)c2OC2OC(CO)C(O)C(OC3OC(COC(C)=O)C(O)C(O)C3O)C2O)ccc1O. The van der Waals surface area contributed by atoms with Crippen molar-refractivity contribution in [2.45, 2.75) is 68.3 Å². The van der Waals surface area contributed by atoms with Gasteiger partial charge in [-0.05, 0) is 18.2 Å². The molecule has 2 fully saturated rings. The lowest BCUT2D eigenvalue weighted by Gasteiger charge is -2.45. The van der Waals surface area contributed by atoms with Gasteiger partial charge in [0.25, 0.3) is 0 Å². The van der Waals surface area contributed by atoms with Crippen LogP contribution in [-0.4, -0.2) is 134 Å². The van der Waals surface area contributed by atoms with E-state index in [2.05, 4.69) is 0 Å². The van der Waals surface area contributed by atoms with Gasteiger partial charge in [-0.25, -0.2) is 0 Å². The van der Waals surface area contributed by atoms with Gasteiger partial charge < -0.3 is 78.8 Å². The normalized spacial score (nSPS) is 30.6. The standard InChI is InChI=1S/C30H34O18/c1-10(32)43-9-18-20(36)23(39)24(40)29(46-18)47-27-21(37)17(8-31)45-30(25(27)41)48-28-22(38)19-14(35)6-12(33)7-16(19)44-26(28)11-3-4-13(34)15(5-11)42-2/h3-7,17-18,20-21,23-25,27,29-31,33-37,39-41H,8-9H2,1-2H3. The molecule has 18 nitrogen and oxygen atoms in total. The molecule has 18 heteroatoms. The lowest BCUT2D eigenvalue weighted by molar-refractivity contribution is -0.353. The molecule has 2 aromatic carbocycles. The fourth-order valence-electron chi connectivity index (χ4n) is 5.33. The summed E-state index contributed by atoms with van der Waals surface area (Å²) in [5, 5.41) is 93.6. The number of aliphatic hydroxyl groups is 6. The Hall–Kier alpha value is -4.24. The number of methoxy groups -OCH3 is 1. The second kappa shape index (κ2) is 14.1. The first kappa shape index (κ1) is 35.1. The van der Waals surface area contributed by atoms with Crippen LogP contribution in [0.25, 0.3) is 22.3 Å². The number of aliphatic hydroxyl groups excluding tert-OH is 6. The second-order valence-electron chi connectivity index (χ2n) is 11.1. The molecule has 10 unspecified atom stereocenters. The Kier molecular flexibility index (Phi) is 10.3. The summed E-state index contributed by atoms with van der Waals surface area (Å²) in [6, 6.07) is 5.72. The van der Waals surface area contributed by atoms with E-state index < -0.39 is 109 Å². The number of benzene rings is 2. The fourth-order valence-corrected chi connectivity index (χ4v) is 5.33. The molecule has 3 heterocycles. The Balaban J connectivity index is 1.53. The Morgan fingerprint density at radius 2 is 1.56 bits per heavy atom. The number of phenols is 3. The molecule has 0 radical (unpaired) electrons. The van der Waals surface area contributed by atoms with Crippen LogP contribution in [0.15, 0.2) is 39.5 Å². The number of rotatable bonds is 9. The van der Waals surface area contributed by atoms with Crippen molar-refractivity contribution in [1.29, 1.82) is 0 Å². The van der Waals surface area contributed by atoms with E-state index >= 15 is 0 Å². The van der Waals surface area contributed by atoms with Crippen molar-refractivity contribution >= 4 is 16.9 Å². The maximum atomic E-state index is 13.8. The number of fused-ring (bicyclic) bond motifs is 1. The first-order valence-corrected chi connectivity index (χ1v) is 14.4. The average molecular weight is 683 g/mol. The maximum absolute atomic E-state index is 13.8. The van der Waals surface area contributed by atoms with Crippen LogP contribution in [0.4, 0.5) is 0 Å². The number of carbonyl (C=O) groups is 1. The molecule has 48 heavy (non-hydrogen) atoms. The molecule has 0 saturated carbocycles. The van der Waals surface area contributed by atoms with E-state index in [0.717, 1.165) is 19.1 Å². The number of ether oxygens (including phenoxy) is 6. The molecule has 262 valence electrons. The van der Waals surface area contributed by atoms with Gasteiger partial charge >= 0.3 is 5.97 Å². The Labute approximate surface area is 270 Å². The second-order valence-corrected chi connectivity index (χ2v) is 11.1. The highest BCUT2D eigenvalue weighted by Crippen LogP contribution is 2.40. The third-order valence-corrected chi connectivity index (χ3v) is 7.83. The zero-order valence-electron chi connectivity index (χ0n) is 25.3. The summed E-state index contributed by atoms with van der Waals surface area (Å²) in [7, 11) is 1.26. The molecular formula is C30H34O18. The Bertz CT molecular complexity index is 1690. The minimum Gasteiger partial charge on any atom is -0.508 e. The first-order chi connectivity index (χ1) is 22.7. The molecule has 9 N–H and O–H groups in total. The van der Waals surface area contributed by atoms with E-state index in [-0.39, 0.29) is 28.4 Å². The first-order valence-electron chi connectivity index (χ1n) is 14.4. The monoisotopic (exact) mass is 682 g/mol. The van der Waals surface area contributed by atoms with Crippen LogP contribution in [-0.2, 0) is 23.7 Å². The van der Waals surface area contributed by atoms with Crippen molar-refractivity contribution in [3.63, 3.8) is 0 Å². The average Bonchev–Trinajstić information content (AvgIpc) is 3.04. The number of phenolic OH excluding ortho intramolecular Hbond substituents is 3. The predicted octanol–water partition coefficient (Wildman–Crippen LogP) is -1.84. The minimum atomic E-state index is -2.04. The van der Waals surface area contributed by atoms with Gasteiger partial charge in [0, 0.05) is 24.6 Å². The van der Waals surface area contributed by atoms with Gasteiger partial charge in [0.15, 0.2) is 23.5 Å². The van der Waals surface area contributed by atoms with E-state index in [4.69, 9.17) is 32.8 Å². The van der Waals surface area contributed by atoms with Crippen molar-refractivity contribution in [2.24, 2.45) is 0 Å². The molecule has 10 atom stereocenters. The molecule has 0 amide bonds. The van der Waals surface area contributed by atoms with Crippen molar-refractivity contribution in [3.8, 4) is 40.1 Å². The third kappa shape index (κ3) is 6.70. The summed E-state index contributed by atoms with van der Waals surface area (Å²) in [5.74, 6) is -3.23. The number of hydrogen-bond acceptors (Lipinski definition) is 18. The maximum Gasteiger partial charge on any atom is 0.302 e. The van der Waals surface area contributed by atoms with Crippen molar-refractivity contribution < 1.29 is 83.6 Å². The smallest absolute Gasteiger partial charge is 0.302 e. The molecule has 2 aliphatic rings. The minimum absolute atomic E-state index is 0.0452. The molecule has 3 aromatic rings. The van der Waals surface area contributed by atoms with Gasteiger partial charge in [-0.2, -0.15) is 0 Å². The molecule has 1 aromatic heterocycles. The lowest BCUT2D eigenvalue weighted by atomic mass is 9.97. The van der Waals surface area contributed by atoms with Crippen molar-refractivity contribution in [3.05, 3.63) is 40.6 Å². The van der Waals surface area contributed by atoms with Crippen LogP contribution < -0.4 is 14.9 Å². The number of carbonyl (C=O) groups excluding carboxylic acids is 1. The molecule has 0 bridgehead atoms. The molecule has 0 aliphatic carbocycles. The number of hydrogen-bond donors (Lipinski definition) is 9. The molecule has 5 rings (SSSR count). The largest absolute Gasteiger partial charge is 0.508 e. The van der Waals surface area contributed by atoms with E-state index in [1.54, 1.807) is 0 Å². The van der Waals surface area contributed by atoms with E-state index in [1.165, 1.54) is 25.3 Å². The van der Waals surface area contributed by atoms with Gasteiger partial charge in [-0.3, -0.25) is 9.59 Å². The van der Waals surface area contributed by atoms with Crippen LogP contribution in [0.1, 0.15) is 6.92 Å². The zero-order chi connectivity index (χ0) is 35.0. The van der Waals surface area contributed by atoms with Crippen molar-refractivity contribution in [2.75, 3.05) is 20.3 Å². The Morgan fingerprint density at radius 3 is 2.23 bits per heavy atom. The topological polar surface area (TPSA) is 285 Å². The van der Waals surface area contributed by atoms with Crippen molar-refractivity contribution in [1.82, 2.24) is 0 Å². The van der Waals surface area contributed by atoms with E-state index in [1.807, 2.05) is 0 Å². The van der Waals surface area contributed by atoms with E-state index in [0.29, 0.717) is 0 Å². The molecule has 2 aliphatic heterocycles. The number of aromatic hydroxyl groups is 3. The molecule has 0 spiro atoms. The lowest BCUT2D eigenvalue weighted by Crippen LogP contribution is -2.65. The van der Waals surface area contributed by atoms with Crippen LogP contribution in [0.5, 0.6) is 28.7 Å². The quantitative estimate of drug-likeness (QED) is 0.112. The summed E-state index contributed by atoms with van der Waals surface area (Å²) in [5.41, 5.74) is -1.23. The molecular weight excluding hydrogens is 648 g/mol.